The molecular weight excluding hydrogens is 446 g/mol. The van der Waals surface area contributed by atoms with E-state index in [0.717, 1.165) is 17.8 Å². The first kappa shape index (κ1) is 22.8. The van der Waals surface area contributed by atoms with Crippen LogP contribution in [0.1, 0.15) is 34.1 Å². The predicted molar refractivity (Wildman–Crippen MR) is 132 cm³/mol. The fourth-order valence-electron chi connectivity index (χ4n) is 5.31. The SMILES string of the molecule is CN(CCc1ccccn1)C(=O)c1ccc(N2CC3CC(C2)c2cccc(=O)n2C3)c([N+](=O)[O-])c1. The van der Waals surface area contributed by atoms with Crippen LogP contribution < -0.4 is 10.5 Å². The van der Waals surface area contributed by atoms with Crippen molar-refractivity contribution in [2.75, 3.05) is 31.6 Å². The molecule has 2 unspecified atom stereocenters. The van der Waals surface area contributed by atoms with Crippen LogP contribution in [-0.2, 0) is 13.0 Å². The summed E-state index contributed by atoms with van der Waals surface area (Å²) < 4.78 is 1.84. The van der Waals surface area contributed by atoms with E-state index in [1.54, 1.807) is 42.4 Å². The first-order valence-corrected chi connectivity index (χ1v) is 11.8. The van der Waals surface area contributed by atoms with Crippen LogP contribution in [0.2, 0.25) is 0 Å². The normalized spacial score (nSPS) is 18.6. The van der Waals surface area contributed by atoms with Crippen LogP contribution in [0.25, 0.3) is 0 Å². The molecule has 1 fully saturated rings. The Morgan fingerprint density at radius 3 is 2.77 bits per heavy atom. The summed E-state index contributed by atoms with van der Waals surface area (Å²) in [6.45, 7) is 2.31. The number of nitrogens with zero attached hydrogens (tertiary/aromatic N) is 5. The number of rotatable bonds is 6. The zero-order valence-corrected chi connectivity index (χ0v) is 19.5. The number of anilines is 1. The number of hydrogen-bond donors (Lipinski definition) is 0. The number of carbonyl (C=O) groups excluding carboxylic acids is 1. The van der Waals surface area contributed by atoms with E-state index < -0.39 is 4.92 Å². The van der Waals surface area contributed by atoms with Crippen LogP contribution in [0.5, 0.6) is 0 Å². The number of aromatic nitrogens is 2. The Bertz CT molecular complexity index is 1320. The average molecular weight is 474 g/mol. The number of pyridine rings is 2. The molecule has 5 rings (SSSR count). The van der Waals surface area contributed by atoms with Crippen molar-refractivity contribution in [3.63, 3.8) is 0 Å². The van der Waals surface area contributed by atoms with E-state index in [4.69, 9.17) is 0 Å². The Hall–Kier alpha value is -4.01. The van der Waals surface area contributed by atoms with E-state index in [9.17, 15) is 19.7 Å². The molecule has 9 nitrogen and oxygen atoms in total. The number of fused-ring (bicyclic) bond motifs is 4. The highest BCUT2D eigenvalue weighted by atomic mass is 16.6. The highest BCUT2D eigenvalue weighted by molar-refractivity contribution is 5.95. The number of nitro benzene ring substituents is 1. The lowest BCUT2D eigenvalue weighted by atomic mass is 9.83. The summed E-state index contributed by atoms with van der Waals surface area (Å²) in [7, 11) is 1.69. The van der Waals surface area contributed by atoms with Gasteiger partial charge < -0.3 is 14.4 Å². The van der Waals surface area contributed by atoms with Crippen molar-refractivity contribution in [2.45, 2.75) is 25.3 Å². The maximum atomic E-state index is 13.0. The van der Waals surface area contributed by atoms with E-state index in [2.05, 4.69) is 4.98 Å². The van der Waals surface area contributed by atoms with Crippen LogP contribution in [-0.4, -0.2) is 52.0 Å². The standard InChI is InChI=1S/C26H27N5O4/c1-28(12-10-21-5-2-3-11-27-21)26(33)19-8-9-23(24(14-19)31(34)35)29-15-18-13-20(17-29)22-6-4-7-25(32)30(22)16-18/h2-9,11,14,18,20H,10,12-13,15-17H2,1H3. The molecule has 2 atom stereocenters. The maximum Gasteiger partial charge on any atom is 0.293 e. The van der Waals surface area contributed by atoms with Crippen molar-refractivity contribution >= 4 is 17.3 Å². The van der Waals surface area contributed by atoms with Gasteiger partial charge in [-0.3, -0.25) is 24.7 Å². The number of benzene rings is 1. The molecule has 1 saturated heterocycles. The number of amides is 1. The van der Waals surface area contributed by atoms with Crippen molar-refractivity contribution in [2.24, 2.45) is 5.92 Å². The number of hydrogen-bond acceptors (Lipinski definition) is 6. The fourth-order valence-corrected chi connectivity index (χ4v) is 5.31. The van der Waals surface area contributed by atoms with Crippen molar-refractivity contribution in [1.29, 1.82) is 0 Å². The van der Waals surface area contributed by atoms with Crippen LogP contribution in [0.15, 0.2) is 65.6 Å². The van der Waals surface area contributed by atoms with E-state index >= 15 is 0 Å². The number of nitro groups is 1. The summed E-state index contributed by atoms with van der Waals surface area (Å²) in [4.78, 5) is 44.8. The minimum absolute atomic E-state index is 0.00617. The molecule has 0 saturated carbocycles. The number of piperidine rings is 1. The molecule has 0 spiro atoms. The molecule has 4 heterocycles. The fraction of sp³-hybridized carbons (Fsp3) is 0.346. The molecule has 2 bridgehead atoms. The van der Waals surface area contributed by atoms with E-state index in [-0.39, 0.29) is 34.6 Å². The summed E-state index contributed by atoms with van der Waals surface area (Å²) in [6, 6.07) is 15.7. The monoisotopic (exact) mass is 473 g/mol. The van der Waals surface area contributed by atoms with Crippen LogP contribution in [0.3, 0.4) is 0 Å². The Kier molecular flexibility index (Phi) is 6.07. The van der Waals surface area contributed by atoms with Gasteiger partial charge in [0.05, 0.1) is 4.92 Å². The first-order valence-electron chi connectivity index (χ1n) is 11.8. The lowest BCUT2D eigenvalue weighted by Gasteiger charge is -2.43. The molecular formula is C26H27N5O4. The van der Waals surface area contributed by atoms with Gasteiger partial charge in [0, 0.05) is 80.8 Å². The largest absolute Gasteiger partial charge is 0.365 e. The van der Waals surface area contributed by atoms with E-state index in [1.807, 2.05) is 33.7 Å². The zero-order valence-electron chi connectivity index (χ0n) is 19.5. The van der Waals surface area contributed by atoms with Gasteiger partial charge >= 0.3 is 0 Å². The van der Waals surface area contributed by atoms with Crippen molar-refractivity contribution in [3.8, 4) is 0 Å². The molecule has 35 heavy (non-hydrogen) atoms. The van der Waals surface area contributed by atoms with Gasteiger partial charge in [0.2, 0.25) is 0 Å². The smallest absolute Gasteiger partial charge is 0.293 e. The van der Waals surface area contributed by atoms with Crippen molar-refractivity contribution < 1.29 is 9.72 Å². The maximum absolute atomic E-state index is 13.0. The van der Waals surface area contributed by atoms with Crippen LogP contribution in [0, 0.1) is 16.0 Å². The second kappa shape index (κ2) is 9.32. The lowest BCUT2D eigenvalue weighted by molar-refractivity contribution is -0.384. The first-order chi connectivity index (χ1) is 16.9. The second-order valence-corrected chi connectivity index (χ2v) is 9.36. The van der Waals surface area contributed by atoms with Crippen LogP contribution in [0.4, 0.5) is 11.4 Å². The molecule has 3 aromatic rings. The highest BCUT2D eigenvalue weighted by Crippen LogP contribution is 2.39. The van der Waals surface area contributed by atoms with E-state index in [0.29, 0.717) is 38.3 Å². The Balaban J connectivity index is 1.36. The Morgan fingerprint density at radius 2 is 2.00 bits per heavy atom. The minimum atomic E-state index is -0.414. The number of likely N-dealkylation sites (N-methyl/N-ethyl adjacent to an activating group) is 1. The summed E-state index contributed by atoms with van der Waals surface area (Å²) >= 11 is 0. The summed E-state index contributed by atoms with van der Waals surface area (Å²) in [5, 5.41) is 12.0. The van der Waals surface area contributed by atoms with Crippen molar-refractivity contribution in [1.82, 2.24) is 14.5 Å². The zero-order chi connectivity index (χ0) is 24.5. The van der Waals surface area contributed by atoms with Gasteiger partial charge in [0.25, 0.3) is 17.2 Å². The summed E-state index contributed by atoms with van der Waals surface area (Å²) in [6.07, 6.45) is 3.28. The Labute approximate surface area is 202 Å². The third kappa shape index (κ3) is 4.53. The molecule has 180 valence electrons. The molecule has 9 heteroatoms. The van der Waals surface area contributed by atoms with Gasteiger partial charge in [0.1, 0.15) is 5.69 Å². The number of carbonyl (C=O) groups is 1. The molecule has 0 radical (unpaired) electrons. The molecule has 0 aliphatic carbocycles. The highest BCUT2D eigenvalue weighted by Gasteiger charge is 2.36. The Morgan fingerprint density at radius 1 is 1.14 bits per heavy atom. The van der Waals surface area contributed by atoms with Gasteiger partial charge in [-0.05, 0) is 42.7 Å². The quantitative estimate of drug-likeness (QED) is 0.403. The topological polar surface area (TPSA) is 102 Å². The molecule has 2 aliphatic heterocycles. The predicted octanol–water partition coefficient (Wildman–Crippen LogP) is 3.09. The van der Waals surface area contributed by atoms with Gasteiger partial charge in [-0.25, -0.2) is 0 Å². The molecule has 2 aromatic heterocycles. The summed E-state index contributed by atoms with van der Waals surface area (Å²) in [5.74, 6) is 0.106. The lowest BCUT2D eigenvalue weighted by Crippen LogP contribution is -2.47. The average Bonchev–Trinajstić information content (AvgIpc) is 2.87. The molecule has 1 amide bonds. The third-order valence-electron chi connectivity index (χ3n) is 7.02. The molecule has 1 aromatic carbocycles. The summed E-state index contributed by atoms with van der Waals surface area (Å²) in [5.41, 5.74) is 2.61. The van der Waals surface area contributed by atoms with E-state index in [1.165, 1.54) is 6.07 Å². The van der Waals surface area contributed by atoms with Crippen molar-refractivity contribution in [3.05, 3.63) is 98.2 Å². The third-order valence-corrected chi connectivity index (χ3v) is 7.02. The molecule has 2 aliphatic rings. The molecule has 0 N–H and O–H groups in total. The van der Waals surface area contributed by atoms with Crippen LogP contribution >= 0.6 is 0 Å². The second-order valence-electron chi connectivity index (χ2n) is 9.36. The van der Waals surface area contributed by atoms with Gasteiger partial charge in [-0.2, -0.15) is 0 Å². The van der Waals surface area contributed by atoms with Gasteiger partial charge in [-0.1, -0.05) is 12.1 Å². The van der Waals surface area contributed by atoms with Gasteiger partial charge in [-0.15, -0.1) is 0 Å². The minimum Gasteiger partial charge on any atom is -0.365 e. The van der Waals surface area contributed by atoms with Gasteiger partial charge in [0.15, 0.2) is 0 Å².